The molecule has 1 amide bonds. The number of primary amides is 1. The highest BCUT2D eigenvalue weighted by Gasteiger charge is 2.03. The van der Waals surface area contributed by atoms with E-state index in [-0.39, 0.29) is 12.6 Å². The molecule has 0 aliphatic rings. The molecule has 0 aromatic heterocycles. The summed E-state index contributed by atoms with van der Waals surface area (Å²) in [6.07, 6.45) is 27.2. The van der Waals surface area contributed by atoms with Gasteiger partial charge in [-0.05, 0) is 44.9 Å². The molecular weight excluding hydrogens is 326 g/mol. The maximum Gasteiger partial charge on any atom is 0.306 e. The largest absolute Gasteiger partial charge is 0.456 e. The molecule has 4 heteroatoms. The van der Waals surface area contributed by atoms with Gasteiger partial charge in [0.25, 0.3) is 5.91 Å². The molecule has 0 atom stereocenters. The molecule has 0 rings (SSSR count). The molecule has 0 heterocycles. The molecule has 0 spiro atoms. The summed E-state index contributed by atoms with van der Waals surface area (Å²) in [5, 5.41) is 0. The summed E-state index contributed by atoms with van der Waals surface area (Å²) in [4.78, 5) is 21.7. The third kappa shape index (κ3) is 19.9. The van der Waals surface area contributed by atoms with Gasteiger partial charge in [0.15, 0.2) is 6.61 Å². The normalized spacial score (nSPS) is 12.0. The van der Waals surface area contributed by atoms with Gasteiger partial charge in [-0.3, -0.25) is 9.59 Å². The number of esters is 1. The van der Waals surface area contributed by atoms with Crippen molar-refractivity contribution in [1.82, 2.24) is 0 Å². The third-order valence-electron chi connectivity index (χ3n) is 3.58. The zero-order valence-electron chi connectivity index (χ0n) is 16.2. The van der Waals surface area contributed by atoms with E-state index in [1.165, 1.54) is 25.7 Å². The van der Waals surface area contributed by atoms with Gasteiger partial charge in [0.1, 0.15) is 0 Å². The number of hydrogen-bond donors (Lipinski definition) is 1. The molecule has 2 N–H and O–H groups in total. The van der Waals surface area contributed by atoms with E-state index in [4.69, 9.17) is 5.73 Å². The molecule has 0 saturated carbocycles. The fourth-order valence-corrected chi connectivity index (χ4v) is 2.15. The van der Waals surface area contributed by atoms with E-state index < -0.39 is 5.91 Å². The van der Waals surface area contributed by atoms with Gasteiger partial charge in [0.2, 0.25) is 0 Å². The highest BCUT2D eigenvalue weighted by atomic mass is 16.5. The lowest BCUT2D eigenvalue weighted by atomic mass is 10.2. The van der Waals surface area contributed by atoms with Crippen molar-refractivity contribution < 1.29 is 14.3 Å². The van der Waals surface area contributed by atoms with Gasteiger partial charge in [-0.2, -0.15) is 0 Å². The van der Waals surface area contributed by atoms with Crippen LogP contribution in [-0.2, 0) is 14.3 Å². The molecule has 0 aromatic carbocycles. The van der Waals surface area contributed by atoms with Crippen LogP contribution in [0.15, 0.2) is 48.6 Å². The van der Waals surface area contributed by atoms with Gasteiger partial charge in [-0.15, -0.1) is 0 Å². The minimum absolute atomic E-state index is 0.311. The average Bonchev–Trinajstić information content (AvgIpc) is 2.62. The minimum Gasteiger partial charge on any atom is -0.456 e. The summed E-state index contributed by atoms with van der Waals surface area (Å²) in [5.41, 5.74) is 4.89. The smallest absolute Gasteiger partial charge is 0.306 e. The van der Waals surface area contributed by atoms with Crippen LogP contribution in [0.5, 0.6) is 0 Å². The average molecular weight is 362 g/mol. The van der Waals surface area contributed by atoms with Crippen LogP contribution in [0.2, 0.25) is 0 Å². The van der Waals surface area contributed by atoms with Gasteiger partial charge < -0.3 is 10.5 Å². The van der Waals surface area contributed by atoms with Crippen LogP contribution in [0.1, 0.15) is 71.1 Å². The van der Waals surface area contributed by atoms with E-state index >= 15 is 0 Å². The zero-order chi connectivity index (χ0) is 19.3. The third-order valence-corrected chi connectivity index (χ3v) is 3.58. The predicted molar refractivity (Wildman–Crippen MR) is 109 cm³/mol. The second-order valence-corrected chi connectivity index (χ2v) is 6.11. The molecule has 0 saturated heterocycles. The zero-order valence-corrected chi connectivity index (χ0v) is 16.2. The highest BCUT2D eigenvalue weighted by Crippen LogP contribution is 2.02. The standard InChI is InChI=1S/C22H35NO3/c1-2-3-4-5-6-7-8-9-10-11-12-13-14-15-16-17-18-19-22(25)26-20-21(23)24/h6-7,9-10,12-13,15-16H,2-5,8,11,14,17-20H2,1H3,(H2,23,24). The molecule has 0 aliphatic heterocycles. The lowest BCUT2D eigenvalue weighted by Crippen LogP contribution is -2.20. The summed E-state index contributed by atoms with van der Waals surface area (Å²) in [6.45, 7) is 1.90. The van der Waals surface area contributed by atoms with Crippen molar-refractivity contribution in [2.24, 2.45) is 5.73 Å². The van der Waals surface area contributed by atoms with Crippen molar-refractivity contribution >= 4 is 11.9 Å². The second-order valence-electron chi connectivity index (χ2n) is 6.11. The molecular formula is C22H35NO3. The highest BCUT2D eigenvalue weighted by molar-refractivity contribution is 5.78. The first-order valence-corrected chi connectivity index (χ1v) is 9.70. The number of allylic oxidation sites excluding steroid dienone is 8. The first kappa shape index (κ1) is 23.9. The number of ether oxygens (including phenoxy) is 1. The van der Waals surface area contributed by atoms with Gasteiger partial charge in [-0.25, -0.2) is 0 Å². The Labute approximate surface area is 158 Å². The van der Waals surface area contributed by atoms with E-state index in [0.29, 0.717) is 12.8 Å². The quantitative estimate of drug-likeness (QED) is 0.234. The maximum absolute atomic E-state index is 11.2. The Balaban J connectivity index is 3.48. The van der Waals surface area contributed by atoms with Crippen LogP contribution < -0.4 is 5.73 Å². The van der Waals surface area contributed by atoms with Crippen LogP contribution in [0.25, 0.3) is 0 Å². The molecule has 0 unspecified atom stereocenters. The van der Waals surface area contributed by atoms with Crippen LogP contribution >= 0.6 is 0 Å². The van der Waals surface area contributed by atoms with Gasteiger partial charge in [0, 0.05) is 6.42 Å². The minimum atomic E-state index is -0.626. The van der Waals surface area contributed by atoms with Gasteiger partial charge in [0.05, 0.1) is 0 Å². The fourth-order valence-electron chi connectivity index (χ4n) is 2.15. The number of nitrogens with two attached hydrogens (primary N) is 1. The summed E-state index contributed by atoms with van der Waals surface area (Å²) >= 11 is 0. The summed E-state index contributed by atoms with van der Waals surface area (Å²) in [6, 6.07) is 0. The maximum atomic E-state index is 11.2. The fraction of sp³-hybridized carbons (Fsp3) is 0.545. The van der Waals surface area contributed by atoms with Gasteiger partial charge >= 0.3 is 5.97 Å². The summed E-state index contributed by atoms with van der Waals surface area (Å²) < 4.78 is 4.67. The Bertz CT molecular complexity index is 476. The van der Waals surface area contributed by atoms with E-state index in [9.17, 15) is 9.59 Å². The lowest BCUT2D eigenvalue weighted by molar-refractivity contribution is -0.147. The van der Waals surface area contributed by atoms with Gasteiger partial charge in [-0.1, -0.05) is 68.4 Å². The van der Waals surface area contributed by atoms with Crippen molar-refractivity contribution in [1.29, 1.82) is 0 Å². The summed E-state index contributed by atoms with van der Waals surface area (Å²) in [5.74, 6) is -1.00. The number of amides is 1. The van der Waals surface area contributed by atoms with E-state index in [1.54, 1.807) is 0 Å². The van der Waals surface area contributed by atoms with E-state index in [2.05, 4.69) is 60.3 Å². The second kappa shape index (κ2) is 19.2. The van der Waals surface area contributed by atoms with Crippen molar-refractivity contribution in [3.8, 4) is 0 Å². The van der Waals surface area contributed by atoms with Crippen LogP contribution in [0.4, 0.5) is 0 Å². The van der Waals surface area contributed by atoms with Crippen molar-refractivity contribution in [3.05, 3.63) is 48.6 Å². The lowest BCUT2D eigenvalue weighted by Gasteiger charge is -2.00. The van der Waals surface area contributed by atoms with Crippen molar-refractivity contribution in [2.75, 3.05) is 6.61 Å². The summed E-state index contributed by atoms with van der Waals surface area (Å²) in [7, 11) is 0. The molecule has 146 valence electrons. The molecule has 0 aromatic rings. The Morgan fingerprint density at radius 3 is 1.77 bits per heavy atom. The SMILES string of the molecule is CCCCCC=CCC=CCC=CCC=CCCCC(=O)OCC(N)=O. The number of carbonyl (C=O) groups excluding carboxylic acids is 2. The number of rotatable bonds is 16. The Morgan fingerprint density at radius 1 is 0.769 bits per heavy atom. The first-order chi connectivity index (χ1) is 12.7. The Morgan fingerprint density at radius 2 is 1.27 bits per heavy atom. The van der Waals surface area contributed by atoms with Crippen LogP contribution in [0, 0.1) is 0 Å². The molecule has 0 aliphatic carbocycles. The monoisotopic (exact) mass is 361 g/mol. The molecule has 26 heavy (non-hydrogen) atoms. The molecule has 0 fully saturated rings. The first-order valence-electron chi connectivity index (χ1n) is 9.70. The van der Waals surface area contributed by atoms with Crippen LogP contribution in [-0.4, -0.2) is 18.5 Å². The number of hydrogen-bond acceptors (Lipinski definition) is 3. The Hall–Kier alpha value is -2.10. The molecule has 0 radical (unpaired) electrons. The Kier molecular flexibility index (Phi) is 17.7. The van der Waals surface area contributed by atoms with Crippen molar-refractivity contribution in [2.45, 2.75) is 71.1 Å². The van der Waals surface area contributed by atoms with E-state index in [0.717, 1.165) is 25.7 Å². The van der Waals surface area contributed by atoms with E-state index in [1.807, 2.05) is 0 Å². The number of unbranched alkanes of at least 4 members (excludes halogenated alkanes) is 4. The van der Waals surface area contributed by atoms with Crippen LogP contribution in [0.3, 0.4) is 0 Å². The topological polar surface area (TPSA) is 69.4 Å². The predicted octanol–water partition coefficient (Wildman–Crippen LogP) is 5.16. The molecule has 4 nitrogen and oxygen atoms in total. The number of carbonyl (C=O) groups is 2. The van der Waals surface area contributed by atoms with Crippen molar-refractivity contribution in [3.63, 3.8) is 0 Å². The molecule has 0 bridgehead atoms.